The van der Waals surface area contributed by atoms with Crippen molar-refractivity contribution in [2.75, 3.05) is 6.54 Å². The van der Waals surface area contributed by atoms with E-state index in [1.165, 1.54) is 37.1 Å². The van der Waals surface area contributed by atoms with Gasteiger partial charge in [0.15, 0.2) is 0 Å². The predicted octanol–water partition coefficient (Wildman–Crippen LogP) is 2.55. The SMILES string of the molecule is NCCCc1nnc(CC2CCCCC2)s1. The van der Waals surface area contributed by atoms with Gasteiger partial charge in [0.1, 0.15) is 10.0 Å². The highest BCUT2D eigenvalue weighted by molar-refractivity contribution is 7.11. The van der Waals surface area contributed by atoms with Crippen molar-refractivity contribution in [3.63, 3.8) is 0 Å². The first kappa shape index (κ1) is 12.0. The van der Waals surface area contributed by atoms with Crippen LogP contribution in [0.1, 0.15) is 48.5 Å². The molecule has 1 fully saturated rings. The molecule has 4 heteroatoms. The van der Waals surface area contributed by atoms with Crippen molar-refractivity contribution in [2.24, 2.45) is 11.7 Å². The van der Waals surface area contributed by atoms with Gasteiger partial charge in [0.25, 0.3) is 0 Å². The van der Waals surface area contributed by atoms with Gasteiger partial charge in [0, 0.05) is 12.8 Å². The molecule has 2 rings (SSSR count). The summed E-state index contributed by atoms with van der Waals surface area (Å²) in [5, 5.41) is 10.9. The summed E-state index contributed by atoms with van der Waals surface area (Å²) in [6.45, 7) is 0.748. The summed E-state index contributed by atoms with van der Waals surface area (Å²) in [5.41, 5.74) is 5.49. The zero-order valence-corrected chi connectivity index (χ0v) is 10.6. The molecule has 1 aromatic heterocycles. The summed E-state index contributed by atoms with van der Waals surface area (Å²) in [5.74, 6) is 0.865. The van der Waals surface area contributed by atoms with E-state index in [2.05, 4.69) is 10.2 Å². The molecule has 1 aliphatic carbocycles. The Labute approximate surface area is 101 Å². The second kappa shape index (κ2) is 6.30. The summed E-state index contributed by atoms with van der Waals surface area (Å²) < 4.78 is 0. The van der Waals surface area contributed by atoms with Crippen molar-refractivity contribution in [2.45, 2.75) is 51.4 Å². The van der Waals surface area contributed by atoms with E-state index in [9.17, 15) is 0 Å². The van der Waals surface area contributed by atoms with E-state index in [0.717, 1.165) is 36.7 Å². The van der Waals surface area contributed by atoms with Crippen LogP contribution in [-0.2, 0) is 12.8 Å². The predicted molar refractivity (Wildman–Crippen MR) is 67.6 cm³/mol. The van der Waals surface area contributed by atoms with Crippen LogP contribution in [0.15, 0.2) is 0 Å². The zero-order valence-electron chi connectivity index (χ0n) is 9.82. The lowest BCUT2D eigenvalue weighted by molar-refractivity contribution is 0.356. The summed E-state index contributed by atoms with van der Waals surface area (Å²) in [4.78, 5) is 0. The van der Waals surface area contributed by atoms with Crippen molar-refractivity contribution in [3.8, 4) is 0 Å². The Balaban J connectivity index is 1.81. The van der Waals surface area contributed by atoms with Crippen LogP contribution in [-0.4, -0.2) is 16.7 Å². The van der Waals surface area contributed by atoms with Gasteiger partial charge in [-0.15, -0.1) is 21.5 Å². The third-order valence-corrected chi connectivity index (χ3v) is 4.30. The number of rotatable bonds is 5. The second-order valence-corrected chi connectivity index (χ2v) is 5.84. The molecule has 0 amide bonds. The normalized spacial score (nSPS) is 17.8. The van der Waals surface area contributed by atoms with Crippen LogP contribution in [0.25, 0.3) is 0 Å². The molecule has 2 N–H and O–H groups in total. The Morgan fingerprint density at radius 2 is 1.88 bits per heavy atom. The first-order chi connectivity index (χ1) is 7.88. The van der Waals surface area contributed by atoms with Crippen molar-refractivity contribution >= 4 is 11.3 Å². The van der Waals surface area contributed by atoms with Crippen molar-refractivity contribution in [1.82, 2.24) is 10.2 Å². The molecule has 3 nitrogen and oxygen atoms in total. The van der Waals surface area contributed by atoms with Crippen molar-refractivity contribution in [1.29, 1.82) is 0 Å². The number of hydrogen-bond donors (Lipinski definition) is 1. The Hall–Kier alpha value is -0.480. The summed E-state index contributed by atoms with van der Waals surface area (Å²) in [7, 11) is 0. The number of nitrogens with zero attached hydrogens (tertiary/aromatic N) is 2. The molecule has 1 aliphatic rings. The van der Waals surface area contributed by atoms with Crippen molar-refractivity contribution < 1.29 is 0 Å². The minimum Gasteiger partial charge on any atom is -0.330 e. The van der Waals surface area contributed by atoms with E-state index in [4.69, 9.17) is 5.73 Å². The van der Waals surface area contributed by atoms with Gasteiger partial charge >= 0.3 is 0 Å². The number of hydrogen-bond acceptors (Lipinski definition) is 4. The molecule has 0 unspecified atom stereocenters. The largest absolute Gasteiger partial charge is 0.330 e. The van der Waals surface area contributed by atoms with Crippen LogP contribution in [0.4, 0.5) is 0 Å². The molecule has 0 atom stereocenters. The minimum atomic E-state index is 0.748. The van der Waals surface area contributed by atoms with Gasteiger partial charge < -0.3 is 5.73 Å². The fraction of sp³-hybridized carbons (Fsp3) is 0.833. The Morgan fingerprint density at radius 3 is 2.62 bits per heavy atom. The first-order valence-corrected chi connectivity index (χ1v) is 7.21. The molecule has 0 bridgehead atoms. The number of aromatic nitrogens is 2. The smallest absolute Gasteiger partial charge is 0.117 e. The maximum atomic E-state index is 5.49. The van der Waals surface area contributed by atoms with Crippen LogP contribution in [0, 0.1) is 5.92 Å². The van der Waals surface area contributed by atoms with E-state index < -0.39 is 0 Å². The molecule has 0 aliphatic heterocycles. The molecule has 0 radical (unpaired) electrons. The topological polar surface area (TPSA) is 51.8 Å². The average molecular weight is 239 g/mol. The Morgan fingerprint density at radius 1 is 1.12 bits per heavy atom. The van der Waals surface area contributed by atoms with E-state index in [-0.39, 0.29) is 0 Å². The lowest BCUT2D eigenvalue weighted by Crippen LogP contribution is -2.08. The minimum absolute atomic E-state index is 0.748. The molecule has 1 saturated carbocycles. The molecule has 0 saturated heterocycles. The molecular weight excluding hydrogens is 218 g/mol. The third-order valence-electron chi connectivity index (χ3n) is 3.29. The average Bonchev–Trinajstić information content (AvgIpc) is 2.75. The third kappa shape index (κ3) is 3.52. The molecule has 0 aromatic carbocycles. The summed E-state index contributed by atoms with van der Waals surface area (Å²) in [6.07, 6.45) is 10.2. The quantitative estimate of drug-likeness (QED) is 0.859. The van der Waals surface area contributed by atoms with Crippen molar-refractivity contribution in [3.05, 3.63) is 10.0 Å². The van der Waals surface area contributed by atoms with Gasteiger partial charge in [-0.25, -0.2) is 0 Å². The van der Waals surface area contributed by atoms with Gasteiger partial charge in [-0.3, -0.25) is 0 Å². The van der Waals surface area contributed by atoms with Gasteiger partial charge in [0.05, 0.1) is 0 Å². The van der Waals surface area contributed by atoms with E-state index in [0.29, 0.717) is 0 Å². The second-order valence-electron chi connectivity index (χ2n) is 4.69. The molecule has 0 spiro atoms. The Bertz CT molecular complexity index is 305. The van der Waals surface area contributed by atoms with Crippen LogP contribution >= 0.6 is 11.3 Å². The first-order valence-electron chi connectivity index (χ1n) is 6.40. The lowest BCUT2D eigenvalue weighted by atomic mass is 9.87. The van der Waals surface area contributed by atoms with E-state index in [1.807, 2.05) is 0 Å². The monoisotopic (exact) mass is 239 g/mol. The molecule has 1 heterocycles. The van der Waals surface area contributed by atoms with Crippen LogP contribution < -0.4 is 5.73 Å². The lowest BCUT2D eigenvalue weighted by Gasteiger charge is -2.19. The standard InChI is InChI=1S/C12H21N3S/c13-8-4-7-11-14-15-12(16-11)9-10-5-2-1-3-6-10/h10H,1-9,13H2. The number of aryl methyl sites for hydroxylation is 1. The fourth-order valence-corrected chi connectivity index (χ4v) is 3.36. The van der Waals surface area contributed by atoms with E-state index in [1.54, 1.807) is 11.3 Å². The van der Waals surface area contributed by atoms with Gasteiger partial charge in [0.2, 0.25) is 0 Å². The number of nitrogens with two attached hydrogens (primary N) is 1. The van der Waals surface area contributed by atoms with Crippen LogP contribution in [0.3, 0.4) is 0 Å². The molecule has 1 aromatic rings. The van der Waals surface area contributed by atoms with E-state index >= 15 is 0 Å². The van der Waals surface area contributed by atoms with Gasteiger partial charge in [-0.2, -0.15) is 0 Å². The molecule has 90 valence electrons. The van der Waals surface area contributed by atoms with Crippen LogP contribution in [0.2, 0.25) is 0 Å². The van der Waals surface area contributed by atoms with Gasteiger partial charge in [-0.1, -0.05) is 32.1 Å². The summed E-state index contributed by atoms with van der Waals surface area (Å²) >= 11 is 1.79. The highest BCUT2D eigenvalue weighted by Crippen LogP contribution is 2.27. The highest BCUT2D eigenvalue weighted by atomic mass is 32.1. The van der Waals surface area contributed by atoms with Gasteiger partial charge in [-0.05, 0) is 18.9 Å². The maximum Gasteiger partial charge on any atom is 0.117 e. The molecule has 16 heavy (non-hydrogen) atoms. The summed E-state index contributed by atoms with van der Waals surface area (Å²) in [6, 6.07) is 0. The maximum absolute atomic E-state index is 5.49. The molecular formula is C12H21N3S. The zero-order chi connectivity index (χ0) is 11.2. The Kier molecular flexibility index (Phi) is 4.72. The van der Waals surface area contributed by atoms with Crippen LogP contribution in [0.5, 0.6) is 0 Å². The fourth-order valence-electron chi connectivity index (χ4n) is 2.36. The highest BCUT2D eigenvalue weighted by Gasteiger charge is 2.16.